The summed E-state index contributed by atoms with van der Waals surface area (Å²) in [4.78, 5) is 12.1. The average Bonchev–Trinajstić information content (AvgIpc) is 2.40. The summed E-state index contributed by atoms with van der Waals surface area (Å²) in [6.07, 6.45) is 5.67. The molecule has 3 heteroatoms. The molecule has 1 aromatic carbocycles. The second-order valence-electron chi connectivity index (χ2n) is 4.79. The minimum atomic E-state index is 0.156. The molecule has 1 saturated carbocycles. The van der Waals surface area contributed by atoms with Gasteiger partial charge in [-0.1, -0.05) is 25.3 Å². The molecule has 18 heavy (non-hydrogen) atoms. The molecule has 1 fully saturated rings. The van der Waals surface area contributed by atoms with E-state index < -0.39 is 0 Å². The van der Waals surface area contributed by atoms with Gasteiger partial charge in [0.15, 0.2) is 0 Å². The normalized spacial score (nSPS) is 16.3. The summed E-state index contributed by atoms with van der Waals surface area (Å²) >= 11 is 0. The van der Waals surface area contributed by atoms with Gasteiger partial charge in [-0.25, -0.2) is 0 Å². The number of ether oxygens (including phenoxy) is 1. The van der Waals surface area contributed by atoms with Crippen LogP contribution in [0.5, 0.6) is 5.75 Å². The molecule has 0 spiro atoms. The van der Waals surface area contributed by atoms with E-state index in [-0.39, 0.29) is 11.8 Å². The van der Waals surface area contributed by atoms with Crippen molar-refractivity contribution in [1.29, 1.82) is 0 Å². The minimum absolute atomic E-state index is 0.156. The van der Waals surface area contributed by atoms with Gasteiger partial charge in [-0.2, -0.15) is 0 Å². The zero-order chi connectivity index (χ0) is 12.8. The Hall–Kier alpha value is -1.51. The van der Waals surface area contributed by atoms with Crippen LogP contribution in [0.2, 0.25) is 0 Å². The Labute approximate surface area is 109 Å². The lowest BCUT2D eigenvalue weighted by atomic mass is 9.88. The summed E-state index contributed by atoms with van der Waals surface area (Å²) in [5.74, 6) is 1.15. The predicted molar refractivity (Wildman–Crippen MR) is 72.8 cm³/mol. The van der Waals surface area contributed by atoms with Gasteiger partial charge in [0.05, 0.1) is 6.61 Å². The third kappa shape index (κ3) is 3.49. The Morgan fingerprint density at radius 2 is 2.11 bits per heavy atom. The van der Waals surface area contributed by atoms with E-state index in [2.05, 4.69) is 5.32 Å². The van der Waals surface area contributed by atoms with E-state index in [0.717, 1.165) is 24.3 Å². The molecule has 2 rings (SSSR count). The van der Waals surface area contributed by atoms with Crippen molar-refractivity contribution in [3.8, 4) is 5.75 Å². The SMILES string of the molecule is CCOc1cccc(NC(=O)C2CCCCC2)c1. The van der Waals surface area contributed by atoms with E-state index in [1.54, 1.807) is 0 Å². The summed E-state index contributed by atoms with van der Waals surface area (Å²) in [5.41, 5.74) is 0.830. The first-order valence-corrected chi connectivity index (χ1v) is 6.83. The zero-order valence-electron chi connectivity index (χ0n) is 10.9. The van der Waals surface area contributed by atoms with E-state index in [4.69, 9.17) is 4.74 Å². The van der Waals surface area contributed by atoms with E-state index in [0.29, 0.717) is 6.61 Å². The molecule has 0 unspecified atom stereocenters. The van der Waals surface area contributed by atoms with E-state index in [9.17, 15) is 4.79 Å². The molecule has 3 nitrogen and oxygen atoms in total. The lowest BCUT2D eigenvalue weighted by molar-refractivity contribution is -0.120. The first-order chi connectivity index (χ1) is 8.79. The summed E-state index contributed by atoms with van der Waals surface area (Å²) in [5, 5.41) is 2.99. The second kappa shape index (κ2) is 6.43. The first-order valence-electron chi connectivity index (χ1n) is 6.83. The smallest absolute Gasteiger partial charge is 0.227 e. The predicted octanol–water partition coefficient (Wildman–Crippen LogP) is 3.60. The highest BCUT2D eigenvalue weighted by Crippen LogP contribution is 2.25. The molecule has 1 N–H and O–H groups in total. The number of amides is 1. The molecule has 1 aromatic rings. The fraction of sp³-hybridized carbons (Fsp3) is 0.533. The van der Waals surface area contributed by atoms with Gasteiger partial charge in [0.25, 0.3) is 0 Å². The molecule has 0 saturated heterocycles. The van der Waals surface area contributed by atoms with E-state index in [1.807, 2.05) is 31.2 Å². The van der Waals surface area contributed by atoms with Crippen LogP contribution in [-0.2, 0) is 4.79 Å². The lowest BCUT2D eigenvalue weighted by Gasteiger charge is -2.20. The van der Waals surface area contributed by atoms with Gasteiger partial charge in [-0.05, 0) is 31.9 Å². The second-order valence-corrected chi connectivity index (χ2v) is 4.79. The highest BCUT2D eigenvalue weighted by atomic mass is 16.5. The number of hydrogen-bond acceptors (Lipinski definition) is 2. The van der Waals surface area contributed by atoms with Crippen LogP contribution < -0.4 is 10.1 Å². The van der Waals surface area contributed by atoms with Crippen LogP contribution in [0.15, 0.2) is 24.3 Å². The Morgan fingerprint density at radius 3 is 2.83 bits per heavy atom. The van der Waals surface area contributed by atoms with Crippen molar-refractivity contribution in [2.45, 2.75) is 39.0 Å². The fourth-order valence-corrected chi connectivity index (χ4v) is 2.44. The molecule has 1 aliphatic rings. The molecule has 1 amide bonds. The van der Waals surface area contributed by atoms with Crippen LogP contribution in [0.3, 0.4) is 0 Å². The lowest BCUT2D eigenvalue weighted by Crippen LogP contribution is -2.24. The van der Waals surface area contributed by atoms with E-state index in [1.165, 1.54) is 19.3 Å². The molecule has 0 heterocycles. The van der Waals surface area contributed by atoms with Crippen molar-refractivity contribution < 1.29 is 9.53 Å². The third-order valence-corrected chi connectivity index (χ3v) is 3.39. The molecular formula is C15H21NO2. The number of hydrogen-bond donors (Lipinski definition) is 1. The Morgan fingerprint density at radius 1 is 1.33 bits per heavy atom. The number of carbonyl (C=O) groups is 1. The van der Waals surface area contributed by atoms with Gasteiger partial charge in [-0.15, -0.1) is 0 Å². The number of anilines is 1. The van der Waals surface area contributed by atoms with E-state index >= 15 is 0 Å². The first kappa shape index (κ1) is 12.9. The Balaban J connectivity index is 1.95. The highest BCUT2D eigenvalue weighted by Gasteiger charge is 2.20. The summed E-state index contributed by atoms with van der Waals surface area (Å²) in [7, 11) is 0. The van der Waals surface area contributed by atoms with Crippen LogP contribution in [0.4, 0.5) is 5.69 Å². The van der Waals surface area contributed by atoms with Crippen molar-refractivity contribution in [1.82, 2.24) is 0 Å². The van der Waals surface area contributed by atoms with Gasteiger partial charge < -0.3 is 10.1 Å². The Bertz CT molecular complexity index is 397. The molecule has 0 aliphatic heterocycles. The van der Waals surface area contributed by atoms with Crippen LogP contribution >= 0.6 is 0 Å². The van der Waals surface area contributed by atoms with Gasteiger partial charge in [-0.3, -0.25) is 4.79 Å². The number of rotatable bonds is 4. The van der Waals surface area contributed by atoms with Crippen LogP contribution in [-0.4, -0.2) is 12.5 Å². The number of carbonyl (C=O) groups excluding carboxylic acids is 1. The van der Waals surface area contributed by atoms with Gasteiger partial charge in [0.2, 0.25) is 5.91 Å². The molecule has 1 aliphatic carbocycles. The molecule has 0 atom stereocenters. The van der Waals surface area contributed by atoms with Crippen molar-refractivity contribution >= 4 is 11.6 Å². The summed E-state index contributed by atoms with van der Waals surface area (Å²) in [6.45, 7) is 2.59. The van der Waals surface area contributed by atoms with Gasteiger partial charge in [0, 0.05) is 17.7 Å². The largest absolute Gasteiger partial charge is 0.494 e. The summed E-state index contributed by atoms with van der Waals surface area (Å²) < 4.78 is 5.42. The van der Waals surface area contributed by atoms with Crippen LogP contribution in [0, 0.1) is 5.92 Å². The zero-order valence-corrected chi connectivity index (χ0v) is 10.9. The maximum absolute atomic E-state index is 12.1. The molecule has 0 bridgehead atoms. The van der Waals surface area contributed by atoms with Crippen molar-refractivity contribution in [2.75, 3.05) is 11.9 Å². The van der Waals surface area contributed by atoms with Crippen LogP contribution in [0.1, 0.15) is 39.0 Å². The quantitative estimate of drug-likeness (QED) is 0.882. The molecule has 98 valence electrons. The van der Waals surface area contributed by atoms with Crippen molar-refractivity contribution in [3.05, 3.63) is 24.3 Å². The number of benzene rings is 1. The maximum Gasteiger partial charge on any atom is 0.227 e. The fourth-order valence-electron chi connectivity index (χ4n) is 2.44. The number of nitrogens with one attached hydrogen (secondary N) is 1. The minimum Gasteiger partial charge on any atom is -0.494 e. The molecule has 0 radical (unpaired) electrons. The summed E-state index contributed by atoms with van der Waals surface area (Å²) in [6, 6.07) is 7.59. The third-order valence-electron chi connectivity index (χ3n) is 3.39. The monoisotopic (exact) mass is 247 g/mol. The molecular weight excluding hydrogens is 226 g/mol. The maximum atomic E-state index is 12.1. The standard InChI is InChI=1S/C15H21NO2/c1-2-18-14-10-6-9-13(11-14)16-15(17)12-7-4-3-5-8-12/h6,9-12H,2-5,7-8H2,1H3,(H,16,17). The topological polar surface area (TPSA) is 38.3 Å². The Kier molecular flexibility index (Phi) is 4.62. The highest BCUT2D eigenvalue weighted by molar-refractivity contribution is 5.92. The van der Waals surface area contributed by atoms with Crippen molar-refractivity contribution in [3.63, 3.8) is 0 Å². The van der Waals surface area contributed by atoms with Gasteiger partial charge in [0.1, 0.15) is 5.75 Å². The van der Waals surface area contributed by atoms with Gasteiger partial charge >= 0.3 is 0 Å². The molecule has 0 aromatic heterocycles. The van der Waals surface area contributed by atoms with Crippen molar-refractivity contribution in [2.24, 2.45) is 5.92 Å². The van der Waals surface area contributed by atoms with Crippen LogP contribution in [0.25, 0.3) is 0 Å². The average molecular weight is 247 g/mol.